The van der Waals surface area contributed by atoms with Gasteiger partial charge in [0.25, 0.3) is 0 Å². The van der Waals surface area contributed by atoms with Gasteiger partial charge in [-0.05, 0) is 24.1 Å². The average molecular weight is 361 g/mol. The minimum atomic E-state index is -3.45. The van der Waals surface area contributed by atoms with Crippen LogP contribution >= 0.6 is 11.6 Å². The van der Waals surface area contributed by atoms with Crippen LogP contribution < -0.4 is 0 Å². The smallest absolute Gasteiger partial charge is 0.238 e. The molecule has 1 heterocycles. The zero-order valence-corrected chi connectivity index (χ0v) is 14.6. The van der Waals surface area contributed by atoms with Gasteiger partial charge in [-0.3, -0.25) is 4.79 Å². The molecule has 0 spiro atoms. The van der Waals surface area contributed by atoms with Crippen molar-refractivity contribution in [1.29, 1.82) is 0 Å². The van der Waals surface area contributed by atoms with Crippen molar-refractivity contribution >= 4 is 27.5 Å². The maximum absolute atomic E-state index is 12.3. The Morgan fingerprint density at radius 3 is 2.43 bits per heavy atom. The number of rotatable bonds is 6. The molecule has 6 nitrogen and oxygen atoms in total. The molecule has 128 valence electrons. The second-order valence-corrected chi connectivity index (χ2v) is 7.89. The van der Waals surface area contributed by atoms with Crippen molar-refractivity contribution in [2.24, 2.45) is 0 Å². The summed E-state index contributed by atoms with van der Waals surface area (Å²) in [4.78, 5) is 13.9. The van der Waals surface area contributed by atoms with Crippen LogP contribution in [0, 0.1) is 0 Å². The van der Waals surface area contributed by atoms with Gasteiger partial charge in [0.2, 0.25) is 15.9 Å². The van der Waals surface area contributed by atoms with E-state index in [4.69, 9.17) is 16.3 Å². The highest BCUT2D eigenvalue weighted by atomic mass is 35.5. The number of hydrogen-bond acceptors (Lipinski definition) is 4. The summed E-state index contributed by atoms with van der Waals surface area (Å²) in [5.74, 6) is -0.185. The number of sulfonamides is 1. The molecule has 1 aromatic rings. The average Bonchev–Trinajstić information content (AvgIpc) is 2.52. The summed E-state index contributed by atoms with van der Waals surface area (Å²) < 4.78 is 30.3. The highest BCUT2D eigenvalue weighted by Gasteiger charge is 2.24. The highest BCUT2D eigenvalue weighted by Crippen LogP contribution is 2.11. The fraction of sp³-hybridized carbons (Fsp3) is 0.533. The third kappa shape index (κ3) is 5.76. The van der Waals surface area contributed by atoms with Crippen LogP contribution in [0.3, 0.4) is 0 Å². The van der Waals surface area contributed by atoms with Gasteiger partial charge in [0.15, 0.2) is 0 Å². The first-order chi connectivity index (χ1) is 10.9. The molecule has 1 aliphatic rings. The Morgan fingerprint density at radius 1 is 1.26 bits per heavy atom. The van der Waals surface area contributed by atoms with E-state index < -0.39 is 10.0 Å². The summed E-state index contributed by atoms with van der Waals surface area (Å²) >= 11 is 5.84. The number of halogens is 1. The Hall–Kier alpha value is -1.15. The number of morpholine rings is 1. The van der Waals surface area contributed by atoms with E-state index in [-0.39, 0.29) is 19.0 Å². The number of carbonyl (C=O) groups is 1. The molecule has 1 aliphatic heterocycles. The molecular weight excluding hydrogens is 340 g/mol. The molecule has 1 fully saturated rings. The first-order valence-corrected chi connectivity index (χ1v) is 9.64. The molecule has 2 rings (SSSR count). The standard InChI is InChI=1S/C15H21ClN2O4S/c1-23(20,21)18(7-6-13-2-4-14(16)5-3-13)12-15(19)17-8-10-22-11-9-17/h2-5H,6-12H2,1H3. The fourth-order valence-electron chi connectivity index (χ4n) is 2.33. The number of ether oxygens (including phenoxy) is 1. The Kier molecular flexibility index (Phi) is 6.41. The number of nitrogens with zero attached hydrogens (tertiary/aromatic N) is 2. The summed E-state index contributed by atoms with van der Waals surface area (Å²) in [6.07, 6.45) is 1.65. The SMILES string of the molecule is CS(=O)(=O)N(CCc1ccc(Cl)cc1)CC(=O)N1CCOCC1. The molecular formula is C15H21ClN2O4S. The predicted molar refractivity (Wildman–Crippen MR) is 89.0 cm³/mol. The molecule has 0 aliphatic carbocycles. The molecule has 23 heavy (non-hydrogen) atoms. The van der Waals surface area contributed by atoms with E-state index in [0.29, 0.717) is 37.7 Å². The lowest BCUT2D eigenvalue weighted by Gasteiger charge is -2.29. The molecule has 0 N–H and O–H groups in total. The third-order valence-corrected chi connectivity index (χ3v) is 5.21. The summed E-state index contributed by atoms with van der Waals surface area (Å²) in [6, 6.07) is 7.24. The van der Waals surface area contributed by atoms with Gasteiger partial charge in [0.1, 0.15) is 0 Å². The van der Waals surface area contributed by atoms with Gasteiger partial charge in [0, 0.05) is 24.7 Å². The van der Waals surface area contributed by atoms with Crippen molar-refractivity contribution in [3.8, 4) is 0 Å². The lowest BCUT2D eigenvalue weighted by molar-refractivity contribution is -0.135. The maximum atomic E-state index is 12.3. The Labute approximate surface area is 142 Å². The van der Waals surface area contributed by atoms with Gasteiger partial charge in [0.05, 0.1) is 26.0 Å². The van der Waals surface area contributed by atoms with Crippen LogP contribution in [0.2, 0.25) is 5.02 Å². The quantitative estimate of drug-likeness (QED) is 0.759. The highest BCUT2D eigenvalue weighted by molar-refractivity contribution is 7.88. The predicted octanol–water partition coefficient (Wildman–Crippen LogP) is 1.00. The second-order valence-electron chi connectivity index (χ2n) is 5.47. The lowest BCUT2D eigenvalue weighted by Crippen LogP contribution is -2.47. The van der Waals surface area contributed by atoms with Crippen molar-refractivity contribution in [3.63, 3.8) is 0 Å². The van der Waals surface area contributed by atoms with Crippen molar-refractivity contribution < 1.29 is 17.9 Å². The van der Waals surface area contributed by atoms with Crippen LogP contribution in [-0.4, -0.2) is 69.2 Å². The van der Waals surface area contributed by atoms with Gasteiger partial charge in [-0.25, -0.2) is 8.42 Å². The van der Waals surface area contributed by atoms with Crippen LogP contribution in [0.4, 0.5) is 0 Å². The minimum absolute atomic E-state index is 0.133. The van der Waals surface area contributed by atoms with Crippen LogP contribution in [-0.2, 0) is 26.0 Å². The zero-order chi connectivity index (χ0) is 16.9. The lowest BCUT2D eigenvalue weighted by atomic mass is 10.1. The third-order valence-electron chi connectivity index (χ3n) is 3.71. The Morgan fingerprint density at radius 2 is 1.87 bits per heavy atom. The molecule has 0 aromatic heterocycles. The van der Waals surface area contributed by atoms with E-state index in [1.54, 1.807) is 17.0 Å². The van der Waals surface area contributed by atoms with Crippen LogP contribution in [0.25, 0.3) is 0 Å². The molecule has 0 atom stereocenters. The van der Waals surface area contributed by atoms with Crippen molar-refractivity contribution in [2.75, 3.05) is 45.6 Å². The molecule has 1 aromatic carbocycles. The first-order valence-electron chi connectivity index (χ1n) is 7.41. The van der Waals surface area contributed by atoms with E-state index in [2.05, 4.69) is 0 Å². The fourth-order valence-corrected chi connectivity index (χ4v) is 3.22. The number of carbonyl (C=O) groups excluding carboxylic acids is 1. The van der Waals surface area contributed by atoms with Crippen LogP contribution in [0.15, 0.2) is 24.3 Å². The number of hydrogen-bond donors (Lipinski definition) is 0. The largest absolute Gasteiger partial charge is 0.378 e. The number of amides is 1. The Bertz CT molecular complexity index is 627. The van der Waals surface area contributed by atoms with Gasteiger partial charge < -0.3 is 9.64 Å². The minimum Gasteiger partial charge on any atom is -0.378 e. The van der Waals surface area contributed by atoms with Crippen LogP contribution in [0.1, 0.15) is 5.56 Å². The normalized spacial score (nSPS) is 15.9. The van der Waals surface area contributed by atoms with E-state index in [1.165, 1.54) is 4.31 Å². The molecule has 1 saturated heterocycles. The topological polar surface area (TPSA) is 66.9 Å². The number of benzene rings is 1. The van der Waals surface area contributed by atoms with Gasteiger partial charge in [-0.1, -0.05) is 23.7 Å². The van der Waals surface area contributed by atoms with Crippen molar-refractivity contribution in [2.45, 2.75) is 6.42 Å². The Balaban J connectivity index is 1.96. The van der Waals surface area contributed by atoms with Crippen LogP contribution in [0.5, 0.6) is 0 Å². The molecule has 0 unspecified atom stereocenters. The summed E-state index contributed by atoms with van der Waals surface area (Å²) in [5.41, 5.74) is 0.974. The first kappa shape index (κ1) is 18.2. The van der Waals surface area contributed by atoms with E-state index in [9.17, 15) is 13.2 Å². The van der Waals surface area contributed by atoms with Crippen molar-refractivity contribution in [1.82, 2.24) is 9.21 Å². The monoisotopic (exact) mass is 360 g/mol. The molecule has 0 saturated carbocycles. The van der Waals surface area contributed by atoms with E-state index in [1.807, 2.05) is 12.1 Å². The zero-order valence-electron chi connectivity index (χ0n) is 13.1. The maximum Gasteiger partial charge on any atom is 0.238 e. The van der Waals surface area contributed by atoms with Crippen molar-refractivity contribution in [3.05, 3.63) is 34.9 Å². The second kappa shape index (κ2) is 8.10. The molecule has 8 heteroatoms. The summed E-state index contributed by atoms with van der Waals surface area (Å²) in [5, 5.41) is 0.635. The molecule has 0 radical (unpaired) electrons. The molecule has 0 bridgehead atoms. The molecule has 1 amide bonds. The summed E-state index contributed by atoms with van der Waals surface area (Å²) in [7, 11) is -3.45. The summed E-state index contributed by atoms with van der Waals surface area (Å²) in [6.45, 7) is 2.13. The van der Waals surface area contributed by atoms with E-state index in [0.717, 1.165) is 11.8 Å². The van der Waals surface area contributed by atoms with Gasteiger partial charge in [-0.2, -0.15) is 4.31 Å². The van der Waals surface area contributed by atoms with E-state index >= 15 is 0 Å². The van der Waals surface area contributed by atoms with Gasteiger partial charge >= 0.3 is 0 Å². The van der Waals surface area contributed by atoms with Gasteiger partial charge in [-0.15, -0.1) is 0 Å².